The lowest BCUT2D eigenvalue weighted by atomic mass is 10.2. The summed E-state index contributed by atoms with van der Waals surface area (Å²) in [4.78, 5) is 42.7. The van der Waals surface area contributed by atoms with Crippen molar-refractivity contribution in [3.8, 4) is 0 Å². The number of hydrogen-bond acceptors (Lipinski definition) is 5. The zero-order valence-corrected chi connectivity index (χ0v) is 9.17. The Kier molecular flexibility index (Phi) is 2.86. The number of amides is 2. The van der Waals surface area contributed by atoms with Crippen LogP contribution in [0.15, 0.2) is 18.5 Å². The van der Waals surface area contributed by atoms with Gasteiger partial charge in [-0.3, -0.25) is 14.6 Å². The molecule has 2 rings (SSSR count). The molecule has 17 heavy (non-hydrogen) atoms. The van der Waals surface area contributed by atoms with Crippen molar-refractivity contribution < 1.29 is 19.2 Å². The second-order valence-corrected chi connectivity index (χ2v) is 3.71. The molecule has 2 amide bonds. The van der Waals surface area contributed by atoms with Gasteiger partial charge < -0.3 is 4.84 Å². The first-order chi connectivity index (χ1) is 8.08. The fourth-order valence-electron chi connectivity index (χ4n) is 1.46. The van der Waals surface area contributed by atoms with Crippen LogP contribution in [0.2, 0.25) is 0 Å². The molecule has 0 aromatic carbocycles. The lowest BCUT2D eigenvalue weighted by Gasteiger charge is -2.12. The number of nitrogens with zero attached hydrogens (tertiary/aromatic N) is 2. The van der Waals surface area contributed by atoms with E-state index in [4.69, 9.17) is 4.84 Å². The summed E-state index contributed by atoms with van der Waals surface area (Å²) in [6.07, 6.45) is 3.07. The van der Waals surface area contributed by atoms with Gasteiger partial charge in [-0.15, -0.1) is 5.06 Å². The monoisotopic (exact) mass is 234 g/mol. The van der Waals surface area contributed by atoms with Crippen LogP contribution in [-0.4, -0.2) is 27.8 Å². The van der Waals surface area contributed by atoms with Gasteiger partial charge >= 0.3 is 5.97 Å². The Bertz CT molecular complexity index is 482. The summed E-state index contributed by atoms with van der Waals surface area (Å²) in [5.74, 6) is -1.75. The van der Waals surface area contributed by atoms with Gasteiger partial charge in [0, 0.05) is 25.2 Å². The van der Waals surface area contributed by atoms with Crippen LogP contribution in [0.4, 0.5) is 0 Å². The van der Waals surface area contributed by atoms with E-state index in [-0.39, 0.29) is 18.4 Å². The molecule has 1 fully saturated rings. The quantitative estimate of drug-likeness (QED) is 0.701. The van der Waals surface area contributed by atoms with Gasteiger partial charge in [0.05, 0.1) is 5.56 Å². The van der Waals surface area contributed by atoms with Gasteiger partial charge in [-0.25, -0.2) is 4.79 Å². The number of imide groups is 1. The fraction of sp³-hybridized carbons (Fsp3) is 0.273. The molecule has 0 unspecified atom stereocenters. The van der Waals surface area contributed by atoms with E-state index in [2.05, 4.69) is 4.98 Å². The third-order valence-electron chi connectivity index (χ3n) is 2.29. The molecule has 6 heteroatoms. The van der Waals surface area contributed by atoms with E-state index in [0.29, 0.717) is 5.06 Å². The number of carbonyl (C=O) groups is 3. The normalized spacial score (nSPS) is 15.2. The van der Waals surface area contributed by atoms with Crippen LogP contribution in [0.25, 0.3) is 0 Å². The Balaban J connectivity index is 2.12. The summed E-state index contributed by atoms with van der Waals surface area (Å²) >= 11 is 0. The Morgan fingerprint density at radius 3 is 2.53 bits per heavy atom. The number of aryl methyl sites for hydroxylation is 1. The van der Waals surface area contributed by atoms with Crippen molar-refractivity contribution in [1.29, 1.82) is 0 Å². The molecule has 0 bridgehead atoms. The number of aromatic nitrogens is 1. The molecule has 1 aliphatic heterocycles. The molecule has 88 valence electrons. The lowest BCUT2D eigenvalue weighted by Crippen LogP contribution is -2.32. The highest BCUT2D eigenvalue weighted by atomic mass is 16.7. The van der Waals surface area contributed by atoms with Crippen LogP contribution in [0, 0.1) is 6.92 Å². The Morgan fingerprint density at radius 1 is 1.29 bits per heavy atom. The van der Waals surface area contributed by atoms with E-state index < -0.39 is 17.8 Å². The first kappa shape index (κ1) is 11.3. The zero-order chi connectivity index (χ0) is 12.4. The first-order valence-corrected chi connectivity index (χ1v) is 5.07. The summed E-state index contributed by atoms with van der Waals surface area (Å²) < 4.78 is 0. The second kappa shape index (κ2) is 4.32. The summed E-state index contributed by atoms with van der Waals surface area (Å²) in [5.41, 5.74) is 0.996. The molecule has 0 aliphatic carbocycles. The second-order valence-electron chi connectivity index (χ2n) is 3.71. The minimum absolute atomic E-state index is 0.0815. The average molecular weight is 234 g/mol. The van der Waals surface area contributed by atoms with Crippen LogP contribution >= 0.6 is 0 Å². The van der Waals surface area contributed by atoms with E-state index in [0.717, 1.165) is 5.56 Å². The van der Waals surface area contributed by atoms with E-state index in [1.165, 1.54) is 6.20 Å². The topological polar surface area (TPSA) is 76.6 Å². The number of hydroxylamine groups is 2. The number of rotatable bonds is 2. The van der Waals surface area contributed by atoms with Crippen molar-refractivity contribution in [1.82, 2.24) is 10.0 Å². The maximum Gasteiger partial charge on any atom is 0.365 e. The smallest absolute Gasteiger partial charge is 0.325 e. The van der Waals surface area contributed by atoms with Gasteiger partial charge in [-0.2, -0.15) is 0 Å². The molecule has 2 heterocycles. The van der Waals surface area contributed by atoms with Gasteiger partial charge in [0.2, 0.25) is 0 Å². The largest absolute Gasteiger partial charge is 0.365 e. The van der Waals surface area contributed by atoms with Gasteiger partial charge in [0.15, 0.2) is 0 Å². The van der Waals surface area contributed by atoms with Crippen LogP contribution in [-0.2, 0) is 14.4 Å². The molecule has 0 atom stereocenters. The van der Waals surface area contributed by atoms with E-state index in [1.807, 2.05) is 0 Å². The summed E-state index contributed by atoms with van der Waals surface area (Å²) in [6, 6.07) is 1.57. The highest BCUT2D eigenvalue weighted by molar-refractivity contribution is 6.02. The van der Waals surface area contributed by atoms with Crippen LogP contribution < -0.4 is 0 Å². The summed E-state index contributed by atoms with van der Waals surface area (Å²) in [7, 11) is 0. The maximum absolute atomic E-state index is 11.6. The SMILES string of the molecule is Cc1cncc(C(=O)ON2C(=O)CCC2=O)c1. The molecule has 1 aromatic heterocycles. The van der Waals surface area contributed by atoms with E-state index >= 15 is 0 Å². The van der Waals surface area contributed by atoms with Crippen molar-refractivity contribution in [2.75, 3.05) is 0 Å². The van der Waals surface area contributed by atoms with Crippen molar-refractivity contribution in [2.45, 2.75) is 19.8 Å². The van der Waals surface area contributed by atoms with Crippen LogP contribution in [0.3, 0.4) is 0 Å². The van der Waals surface area contributed by atoms with E-state index in [1.54, 1.807) is 19.2 Å². The molecule has 1 saturated heterocycles. The van der Waals surface area contributed by atoms with Crippen molar-refractivity contribution in [3.63, 3.8) is 0 Å². The number of carbonyl (C=O) groups excluding carboxylic acids is 3. The fourth-order valence-corrected chi connectivity index (χ4v) is 1.46. The molecule has 0 saturated carbocycles. The van der Waals surface area contributed by atoms with Crippen LogP contribution in [0.1, 0.15) is 28.8 Å². The summed E-state index contributed by atoms with van der Waals surface area (Å²) in [6.45, 7) is 1.77. The van der Waals surface area contributed by atoms with Gasteiger partial charge in [0.25, 0.3) is 11.8 Å². The molecular formula is C11H10N2O4. The van der Waals surface area contributed by atoms with Crippen molar-refractivity contribution in [2.24, 2.45) is 0 Å². The number of pyridine rings is 1. The zero-order valence-electron chi connectivity index (χ0n) is 9.17. The molecule has 1 aromatic rings. The predicted octanol–water partition coefficient (Wildman–Crippen LogP) is 0.611. The summed E-state index contributed by atoms with van der Waals surface area (Å²) in [5, 5.41) is 0.519. The first-order valence-electron chi connectivity index (χ1n) is 5.07. The standard InChI is InChI=1S/C11H10N2O4/c1-7-4-8(6-12-5-7)11(16)17-13-9(14)2-3-10(13)15/h4-6H,2-3H2,1H3. The molecule has 0 radical (unpaired) electrons. The third kappa shape index (κ3) is 2.30. The lowest BCUT2D eigenvalue weighted by molar-refractivity contribution is -0.172. The van der Waals surface area contributed by atoms with E-state index in [9.17, 15) is 14.4 Å². The minimum Gasteiger partial charge on any atom is -0.325 e. The molecular weight excluding hydrogens is 224 g/mol. The predicted molar refractivity (Wildman–Crippen MR) is 55.5 cm³/mol. The van der Waals surface area contributed by atoms with Gasteiger partial charge in [-0.1, -0.05) is 0 Å². The average Bonchev–Trinajstić information content (AvgIpc) is 2.61. The Morgan fingerprint density at radius 2 is 1.94 bits per heavy atom. The molecule has 0 spiro atoms. The Hall–Kier alpha value is -2.24. The highest BCUT2D eigenvalue weighted by Gasteiger charge is 2.33. The number of hydrogen-bond donors (Lipinski definition) is 0. The maximum atomic E-state index is 11.6. The van der Waals surface area contributed by atoms with Gasteiger partial charge in [0.1, 0.15) is 0 Å². The third-order valence-corrected chi connectivity index (χ3v) is 2.29. The van der Waals surface area contributed by atoms with Crippen molar-refractivity contribution >= 4 is 17.8 Å². The Labute approximate surface area is 97.1 Å². The van der Waals surface area contributed by atoms with Crippen molar-refractivity contribution in [3.05, 3.63) is 29.6 Å². The molecule has 0 N–H and O–H groups in total. The highest BCUT2D eigenvalue weighted by Crippen LogP contribution is 2.14. The van der Waals surface area contributed by atoms with Gasteiger partial charge in [-0.05, 0) is 18.6 Å². The molecule has 1 aliphatic rings. The van der Waals surface area contributed by atoms with Crippen LogP contribution in [0.5, 0.6) is 0 Å². The minimum atomic E-state index is -0.759. The molecule has 6 nitrogen and oxygen atoms in total.